The first-order valence-electron chi connectivity index (χ1n) is 5.42. The number of esters is 1. The first-order chi connectivity index (χ1) is 8.19. The minimum Gasteiger partial charge on any atom is -0.489 e. The van der Waals surface area contributed by atoms with Gasteiger partial charge < -0.3 is 14.8 Å². The van der Waals surface area contributed by atoms with Crippen LogP contribution >= 0.6 is 15.9 Å². The van der Waals surface area contributed by atoms with Crippen LogP contribution in [0.15, 0.2) is 28.7 Å². The zero-order valence-corrected chi connectivity index (χ0v) is 11.1. The van der Waals surface area contributed by atoms with Crippen LogP contribution in [0.1, 0.15) is 6.42 Å². The molecule has 17 heavy (non-hydrogen) atoms. The van der Waals surface area contributed by atoms with Crippen molar-refractivity contribution < 1.29 is 14.3 Å². The highest BCUT2D eigenvalue weighted by atomic mass is 79.9. The van der Waals surface area contributed by atoms with Crippen LogP contribution in [0.5, 0.6) is 5.75 Å². The van der Waals surface area contributed by atoms with E-state index in [-0.39, 0.29) is 18.1 Å². The van der Waals surface area contributed by atoms with Crippen molar-refractivity contribution >= 4 is 21.9 Å². The SMILES string of the molecule is COC(=O)[C@@H]1C[C@H](Oc2cccc(Br)c2)CN1. The molecular weight excluding hydrogens is 286 g/mol. The highest BCUT2D eigenvalue weighted by molar-refractivity contribution is 9.10. The number of nitrogens with one attached hydrogen (secondary N) is 1. The average Bonchev–Trinajstić information content (AvgIpc) is 2.76. The van der Waals surface area contributed by atoms with Gasteiger partial charge in [-0.1, -0.05) is 22.0 Å². The molecule has 4 nitrogen and oxygen atoms in total. The van der Waals surface area contributed by atoms with Gasteiger partial charge in [-0.15, -0.1) is 0 Å². The van der Waals surface area contributed by atoms with Crippen molar-refractivity contribution in [3.8, 4) is 5.75 Å². The second-order valence-corrected chi connectivity index (χ2v) is 4.83. The Labute approximate surface area is 108 Å². The Kier molecular flexibility index (Phi) is 4.02. The number of ether oxygens (including phenoxy) is 2. The van der Waals surface area contributed by atoms with Crippen molar-refractivity contribution in [1.82, 2.24) is 5.32 Å². The van der Waals surface area contributed by atoms with Crippen LogP contribution < -0.4 is 10.1 Å². The molecule has 0 radical (unpaired) electrons. The molecule has 1 fully saturated rings. The van der Waals surface area contributed by atoms with Crippen LogP contribution in [0.4, 0.5) is 0 Å². The van der Waals surface area contributed by atoms with Gasteiger partial charge in [0.1, 0.15) is 17.9 Å². The molecular formula is C12H14BrNO3. The van der Waals surface area contributed by atoms with E-state index < -0.39 is 0 Å². The molecule has 0 unspecified atom stereocenters. The average molecular weight is 300 g/mol. The Morgan fingerprint density at radius 3 is 3.06 bits per heavy atom. The molecule has 0 aliphatic carbocycles. The quantitative estimate of drug-likeness (QED) is 0.864. The molecule has 0 saturated carbocycles. The summed E-state index contributed by atoms with van der Waals surface area (Å²) in [5.74, 6) is 0.571. The van der Waals surface area contributed by atoms with Crippen molar-refractivity contribution in [2.24, 2.45) is 0 Å². The fourth-order valence-corrected chi connectivity index (χ4v) is 2.23. The van der Waals surface area contributed by atoms with Crippen molar-refractivity contribution in [1.29, 1.82) is 0 Å². The van der Waals surface area contributed by atoms with Gasteiger partial charge in [0.25, 0.3) is 0 Å². The first kappa shape index (κ1) is 12.4. The Hall–Kier alpha value is -1.07. The van der Waals surface area contributed by atoms with E-state index in [0.29, 0.717) is 13.0 Å². The molecule has 1 N–H and O–H groups in total. The largest absolute Gasteiger partial charge is 0.489 e. The third-order valence-corrected chi connectivity index (χ3v) is 3.17. The molecule has 5 heteroatoms. The normalized spacial score (nSPS) is 23.4. The number of carbonyl (C=O) groups is 1. The maximum absolute atomic E-state index is 11.3. The molecule has 0 aromatic heterocycles. The molecule has 1 aromatic rings. The van der Waals surface area contributed by atoms with Gasteiger partial charge in [0.05, 0.1) is 7.11 Å². The molecule has 0 amide bonds. The van der Waals surface area contributed by atoms with Gasteiger partial charge in [-0.2, -0.15) is 0 Å². The molecule has 1 heterocycles. The zero-order valence-electron chi connectivity index (χ0n) is 9.48. The number of benzene rings is 1. The highest BCUT2D eigenvalue weighted by Gasteiger charge is 2.31. The maximum Gasteiger partial charge on any atom is 0.323 e. The number of halogens is 1. The second-order valence-electron chi connectivity index (χ2n) is 3.92. The van der Waals surface area contributed by atoms with Crippen LogP contribution in [0, 0.1) is 0 Å². The molecule has 1 aromatic carbocycles. The Bertz CT molecular complexity index is 410. The van der Waals surface area contributed by atoms with Crippen molar-refractivity contribution in [3.05, 3.63) is 28.7 Å². The van der Waals surface area contributed by atoms with Crippen molar-refractivity contribution in [2.45, 2.75) is 18.6 Å². The topological polar surface area (TPSA) is 47.6 Å². The van der Waals surface area contributed by atoms with Crippen molar-refractivity contribution in [2.75, 3.05) is 13.7 Å². The number of rotatable bonds is 3. The van der Waals surface area contributed by atoms with E-state index in [1.54, 1.807) is 0 Å². The summed E-state index contributed by atoms with van der Waals surface area (Å²) in [5.41, 5.74) is 0. The fraction of sp³-hybridized carbons (Fsp3) is 0.417. The van der Waals surface area contributed by atoms with Crippen LogP contribution in [0.2, 0.25) is 0 Å². The lowest BCUT2D eigenvalue weighted by atomic mass is 10.2. The summed E-state index contributed by atoms with van der Waals surface area (Å²) in [6.07, 6.45) is 0.646. The lowest BCUT2D eigenvalue weighted by Crippen LogP contribution is -2.31. The van der Waals surface area contributed by atoms with Gasteiger partial charge in [0.2, 0.25) is 0 Å². The van der Waals surface area contributed by atoms with Gasteiger partial charge in [-0.05, 0) is 18.2 Å². The Morgan fingerprint density at radius 2 is 2.35 bits per heavy atom. The summed E-state index contributed by atoms with van der Waals surface area (Å²) >= 11 is 3.39. The van der Waals surface area contributed by atoms with E-state index in [1.807, 2.05) is 24.3 Å². The van der Waals surface area contributed by atoms with Crippen LogP contribution in [0.25, 0.3) is 0 Å². The third kappa shape index (κ3) is 3.20. The molecule has 1 aliphatic rings. The molecule has 2 rings (SSSR count). The van der Waals surface area contributed by atoms with E-state index in [2.05, 4.69) is 26.0 Å². The summed E-state index contributed by atoms with van der Waals surface area (Å²) < 4.78 is 11.4. The van der Waals surface area contributed by atoms with Gasteiger partial charge in [0.15, 0.2) is 0 Å². The van der Waals surface area contributed by atoms with E-state index >= 15 is 0 Å². The second kappa shape index (κ2) is 5.51. The smallest absolute Gasteiger partial charge is 0.323 e. The summed E-state index contributed by atoms with van der Waals surface area (Å²) in [7, 11) is 1.40. The molecule has 1 aliphatic heterocycles. The summed E-state index contributed by atoms with van der Waals surface area (Å²) in [6.45, 7) is 0.659. The van der Waals surface area contributed by atoms with E-state index in [1.165, 1.54) is 7.11 Å². The van der Waals surface area contributed by atoms with Crippen molar-refractivity contribution in [3.63, 3.8) is 0 Å². The zero-order chi connectivity index (χ0) is 12.3. The molecule has 0 spiro atoms. The molecule has 92 valence electrons. The Morgan fingerprint density at radius 1 is 1.53 bits per heavy atom. The molecule has 2 atom stereocenters. The van der Waals surface area contributed by atoms with Gasteiger partial charge in [-0.25, -0.2) is 0 Å². The van der Waals surface area contributed by atoms with E-state index in [4.69, 9.17) is 4.74 Å². The van der Waals surface area contributed by atoms with Crippen LogP contribution in [-0.2, 0) is 9.53 Å². The highest BCUT2D eigenvalue weighted by Crippen LogP contribution is 2.21. The van der Waals surface area contributed by atoms with Gasteiger partial charge in [0, 0.05) is 17.4 Å². The lowest BCUT2D eigenvalue weighted by Gasteiger charge is -2.12. The van der Waals surface area contributed by atoms with E-state index in [0.717, 1.165) is 10.2 Å². The lowest BCUT2D eigenvalue weighted by molar-refractivity contribution is -0.142. The first-order valence-corrected chi connectivity index (χ1v) is 6.22. The number of carbonyl (C=O) groups excluding carboxylic acids is 1. The number of hydrogen-bond acceptors (Lipinski definition) is 4. The van der Waals surface area contributed by atoms with Crippen LogP contribution in [0.3, 0.4) is 0 Å². The number of hydrogen-bond donors (Lipinski definition) is 1. The standard InChI is InChI=1S/C12H14BrNO3/c1-16-12(15)11-6-10(7-14-11)17-9-4-2-3-8(13)5-9/h2-5,10-11,14H,6-7H2,1H3/t10-,11-/m0/s1. The third-order valence-electron chi connectivity index (χ3n) is 2.68. The van der Waals surface area contributed by atoms with E-state index in [9.17, 15) is 4.79 Å². The predicted molar refractivity (Wildman–Crippen MR) is 67.0 cm³/mol. The Balaban J connectivity index is 1.92. The summed E-state index contributed by atoms with van der Waals surface area (Å²) in [5, 5.41) is 3.08. The summed E-state index contributed by atoms with van der Waals surface area (Å²) in [6, 6.07) is 7.41. The minimum atomic E-state index is -0.253. The monoisotopic (exact) mass is 299 g/mol. The number of methoxy groups -OCH3 is 1. The molecule has 0 bridgehead atoms. The molecule has 1 saturated heterocycles. The van der Waals surface area contributed by atoms with Gasteiger partial charge in [-0.3, -0.25) is 4.79 Å². The minimum absolute atomic E-state index is 0.00778. The predicted octanol–water partition coefficient (Wildman–Crippen LogP) is 1.73. The maximum atomic E-state index is 11.3. The van der Waals surface area contributed by atoms with Gasteiger partial charge >= 0.3 is 5.97 Å². The summed E-state index contributed by atoms with van der Waals surface area (Å²) in [4.78, 5) is 11.3. The fourth-order valence-electron chi connectivity index (χ4n) is 1.85. The van der Waals surface area contributed by atoms with Crippen LogP contribution in [-0.4, -0.2) is 31.8 Å².